The molecule has 1 aromatic carbocycles. The van der Waals surface area contributed by atoms with E-state index in [9.17, 15) is 14.7 Å². The average Bonchev–Trinajstić information content (AvgIpc) is 3.20. The van der Waals surface area contributed by atoms with Crippen LogP contribution in [0.25, 0.3) is 16.7 Å². The molecule has 0 saturated carbocycles. The number of carbonyl (C=O) groups is 2. The van der Waals surface area contributed by atoms with E-state index in [2.05, 4.69) is 21.9 Å². The molecule has 1 saturated heterocycles. The summed E-state index contributed by atoms with van der Waals surface area (Å²) in [6, 6.07) is 10.7. The number of benzene rings is 1. The lowest BCUT2D eigenvalue weighted by Crippen LogP contribution is -2.37. The van der Waals surface area contributed by atoms with Crippen molar-refractivity contribution in [2.45, 2.75) is 18.9 Å². The van der Waals surface area contributed by atoms with Crippen LogP contribution in [-0.2, 0) is 4.79 Å². The first-order chi connectivity index (χ1) is 13.8. The summed E-state index contributed by atoms with van der Waals surface area (Å²) >= 11 is 0. The smallest absolute Gasteiger partial charge is 0.269 e. The number of nitrogens with two attached hydrogens (primary N) is 1. The zero-order valence-corrected chi connectivity index (χ0v) is 16.0. The minimum atomic E-state index is -1.67. The van der Waals surface area contributed by atoms with Crippen LogP contribution >= 0.6 is 0 Å². The van der Waals surface area contributed by atoms with Gasteiger partial charge >= 0.3 is 0 Å². The first kappa shape index (κ1) is 18.7. The predicted octanol–water partition coefficient (Wildman–Crippen LogP) is 0.773. The van der Waals surface area contributed by atoms with E-state index >= 15 is 0 Å². The van der Waals surface area contributed by atoms with Gasteiger partial charge < -0.3 is 15.7 Å². The van der Waals surface area contributed by atoms with Gasteiger partial charge in [0.05, 0.1) is 11.1 Å². The van der Waals surface area contributed by atoms with Crippen molar-refractivity contribution in [3.05, 3.63) is 53.3 Å². The van der Waals surface area contributed by atoms with E-state index in [4.69, 9.17) is 5.73 Å². The van der Waals surface area contributed by atoms with Gasteiger partial charge in [-0.25, -0.2) is 9.67 Å². The largest absolute Gasteiger partial charge is 0.369 e. The molecule has 4 rings (SSSR count). The second-order valence-electron chi connectivity index (χ2n) is 7.09. The number of likely N-dealkylation sites (tertiary alicyclic amines) is 1. The molecule has 1 aliphatic rings. The van der Waals surface area contributed by atoms with Gasteiger partial charge in [0.2, 0.25) is 5.60 Å². The van der Waals surface area contributed by atoms with Gasteiger partial charge in [-0.1, -0.05) is 17.9 Å². The minimum absolute atomic E-state index is 0.137. The fourth-order valence-corrected chi connectivity index (χ4v) is 3.31. The van der Waals surface area contributed by atoms with Crippen molar-refractivity contribution in [3.8, 4) is 17.5 Å². The number of aliphatic hydroxyl groups is 1. The van der Waals surface area contributed by atoms with Crippen LogP contribution in [0.5, 0.6) is 0 Å². The molecule has 3 N–H and O–H groups in total. The Bertz CT molecular complexity index is 1220. The molecule has 2 amide bonds. The Morgan fingerprint density at radius 2 is 2.10 bits per heavy atom. The molecule has 2 aromatic heterocycles. The molecule has 29 heavy (non-hydrogen) atoms. The van der Waals surface area contributed by atoms with Crippen LogP contribution < -0.4 is 5.73 Å². The Hall–Kier alpha value is -3.70. The van der Waals surface area contributed by atoms with Crippen molar-refractivity contribution in [2.24, 2.45) is 5.73 Å². The standard InChI is InChI=1S/C21H19N5O3/c1-13-6-7-16-17(18(22)27)24-26(19(16)23-13)15-5-3-4-14(12-15)8-9-21(29)10-11-25(2)20(21)28/h3-7,12,29H,10-11H2,1-2H3,(H2,22,27)/t21-/m0/s1. The van der Waals surface area contributed by atoms with E-state index < -0.39 is 17.4 Å². The number of hydrogen-bond acceptors (Lipinski definition) is 5. The first-order valence-electron chi connectivity index (χ1n) is 9.06. The van der Waals surface area contributed by atoms with Crippen molar-refractivity contribution in [2.75, 3.05) is 13.6 Å². The highest BCUT2D eigenvalue weighted by Crippen LogP contribution is 2.23. The van der Waals surface area contributed by atoms with Gasteiger partial charge in [0.1, 0.15) is 0 Å². The Morgan fingerprint density at radius 1 is 1.31 bits per heavy atom. The lowest BCUT2D eigenvalue weighted by atomic mass is 10.0. The maximum Gasteiger partial charge on any atom is 0.269 e. The Balaban J connectivity index is 1.78. The summed E-state index contributed by atoms with van der Waals surface area (Å²) in [7, 11) is 1.64. The molecular formula is C21H19N5O3. The zero-order valence-electron chi connectivity index (χ0n) is 16.0. The Morgan fingerprint density at radius 3 is 2.79 bits per heavy atom. The number of primary amides is 1. The number of pyridine rings is 1. The second-order valence-corrected chi connectivity index (χ2v) is 7.09. The molecule has 0 bridgehead atoms. The molecular weight excluding hydrogens is 370 g/mol. The molecule has 3 aromatic rings. The third-order valence-corrected chi connectivity index (χ3v) is 4.92. The lowest BCUT2D eigenvalue weighted by Gasteiger charge is -2.13. The lowest BCUT2D eigenvalue weighted by molar-refractivity contribution is -0.137. The van der Waals surface area contributed by atoms with Gasteiger partial charge in [-0.15, -0.1) is 0 Å². The highest BCUT2D eigenvalue weighted by Gasteiger charge is 2.42. The third kappa shape index (κ3) is 3.22. The van der Waals surface area contributed by atoms with Crippen molar-refractivity contribution in [1.82, 2.24) is 19.7 Å². The number of amides is 2. The van der Waals surface area contributed by atoms with E-state index in [0.717, 1.165) is 5.69 Å². The summed E-state index contributed by atoms with van der Waals surface area (Å²) in [5, 5.41) is 15.4. The van der Waals surface area contributed by atoms with Crippen LogP contribution in [0.3, 0.4) is 0 Å². The number of fused-ring (bicyclic) bond motifs is 1. The first-order valence-corrected chi connectivity index (χ1v) is 9.06. The van der Waals surface area contributed by atoms with E-state index in [-0.39, 0.29) is 12.1 Å². The molecule has 3 heterocycles. The quantitative estimate of drug-likeness (QED) is 0.629. The summed E-state index contributed by atoms with van der Waals surface area (Å²) in [6.45, 7) is 2.31. The average molecular weight is 389 g/mol. The SMILES string of the molecule is Cc1ccc2c(C(N)=O)nn(-c3cccc(C#C[C@]4(O)CCN(C)C4=O)c3)c2n1. The zero-order chi connectivity index (χ0) is 20.8. The maximum absolute atomic E-state index is 12.1. The fraction of sp³-hybridized carbons (Fsp3) is 0.238. The van der Waals surface area contributed by atoms with E-state index in [1.807, 2.05) is 6.92 Å². The van der Waals surface area contributed by atoms with Gasteiger partial charge in [-0.05, 0) is 37.3 Å². The van der Waals surface area contributed by atoms with E-state index in [1.165, 1.54) is 9.58 Å². The molecule has 1 aliphatic heterocycles. The van der Waals surface area contributed by atoms with Gasteiger partial charge in [-0.2, -0.15) is 5.10 Å². The number of aryl methyl sites for hydroxylation is 1. The topological polar surface area (TPSA) is 114 Å². The van der Waals surface area contributed by atoms with E-state index in [0.29, 0.717) is 28.8 Å². The fourth-order valence-electron chi connectivity index (χ4n) is 3.31. The van der Waals surface area contributed by atoms with Gasteiger partial charge in [-0.3, -0.25) is 9.59 Å². The van der Waals surface area contributed by atoms with Crippen LogP contribution in [0.1, 0.15) is 28.2 Å². The molecule has 8 heteroatoms. The van der Waals surface area contributed by atoms with Gasteiger partial charge in [0.25, 0.3) is 11.8 Å². The van der Waals surface area contributed by atoms with Crippen molar-refractivity contribution >= 4 is 22.8 Å². The number of nitrogens with zero attached hydrogens (tertiary/aromatic N) is 4. The molecule has 0 radical (unpaired) electrons. The van der Waals surface area contributed by atoms with Gasteiger partial charge in [0.15, 0.2) is 11.3 Å². The third-order valence-electron chi connectivity index (χ3n) is 4.92. The van der Waals surface area contributed by atoms with Crippen molar-refractivity contribution in [1.29, 1.82) is 0 Å². The molecule has 0 spiro atoms. The number of likely N-dealkylation sites (N-methyl/N-ethyl adjacent to an activating group) is 1. The number of rotatable bonds is 2. The summed E-state index contributed by atoms with van der Waals surface area (Å²) < 4.78 is 1.54. The molecule has 8 nitrogen and oxygen atoms in total. The van der Waals surface area contributed by atoms with Crippen molar-refractivity contribution < 1.29 is 14.7 Å². The molecule has 1 fully saturated rings. The Labute approximate surface area is 166 Å². The molecule has 1 atom stereocenters. The summed E-state index contributed by atoms with van der Waals surface area (Å²) in [5.41, 5.74) is 6.45. The Kier molecular flexibility index (Phi) is 4.32. The van der Waals surface area contributed by atoms with Crippen LogP contribution in [0, 0.1) is 18.8 Å². The maximum atomic E-state index is 12.1. The second kappa shape index (κ2) is 6.72. The number of aromatic nitrogens is 3. The predicted molar refractivity (Wildman–Crippen MR) is 106 cm³/mol. The number of hydrogen-bond donors (Lipinski definition) is 2. The van der Waals surface area contributed by atoms with Crippen LogP contribution in [0.4, 0.5) is 0 Å². The normalized spacial score (nSPS) is 18.7. The van der Waals surface area contributed by atoms with E-state index in [1.54, 1.807) is 43.4 Å². The highest BCUT2D eigenvalue weighted by molar-refractivity contribution is 6.03. The summed E-state index contributed by atoms with van der Waals surface area (Å²) in [5.74, 6) is 4.54. The minimum Gasteiger partial charge on any atom is -0.369 e. The molecule has 0 unspecified atom stereocenters. The molecule has 0 aliphatic carbocycles. The highest BCUT2D eigenvalue weighted by atomic mass is 16.3. The van der Waals surface area contributed by atoms with Crippen LogP contribution in [0.15, 0.2) is 36.4 Å². The molecule has 146 valence electrons. The summed E-state index contributed by atoms with van der Waals surface area (Å²) in [6.07, 6.45) is 0.268. The van der Waals surface area contributed by atoms with Crippen LogP contribution in [-0.4, -0.2) is 55.8 Å². The summed E-state index contributed by atoms with van der Waals surface area (Å²) in [4.78, 5) is 29.8. The van der Waals surface area contributed by atoms with Crippen molar-refractivity contribution in [3.63, 3.8) is 0 Å². The van der Waals surface area contributed by atoms with Crippen LogP contribution in [0.2, 0.25) is 0 Å². The monoisotopic (exact) mass is 389 g/mol. The van der Waals surface area contributed by atoms with Gasteiger partial charge in [0, 0.05) is 31.3 Å². The number of carbonyl (C=O) groups excluding carboxylic acids is 2.